The van der Waals surface area contributed by atoms with Crippen molar-refractivity contribution in [2.24, 2.45) is 0 Å². The Labute approximate surface area is 167 Å². The van der Waals surface area contributed by atoms with Crippen LogP contribution in [0.15, 0.2) is 42.5 Å². The molecule has 2 aliphatic rings. The second-order valence-corrected chi connectivity index (χ2v) is 7.57. The minimum atomic E-state index is -0.233. The van der Waals surface area contributed by atoms with Crippen LogP contribution in [0.2, 0.25) is 5.02 Å². The number of carbonyl (C=O) groups excluding carboxylic acids is 1. The van der Waals surface area contributed by atoms with Gasteiger partial charge in [-0.1, -0.05) is 23.7 Å². The lowest BCUT2D eigenvalue weighted by Gasteiger charge is -2.26. The minimum Gasteiger partial charge on any atom is -0.486 e. The van der Waals surface area contributed by atoms with E-state index in [2.05, 4.69) is 5.32 Å². The molecule has 0 bridgehead atoms. The van der Waals surface area contributed by atoms with Crippen LogP contribution < -0.4 is 14.8 Å². The maximum absolute atomic E-state index is 13.1. The largest absolute Gasteiger partial charge is 0.486 e. The number of rotatable bonds is 3. The van der Waals surface area contributed by atoms with Gasteiger partial charge in [0.1, 0.15) is 12.7 Å². The standard InChI is InChI=1S/C22H19ClN2O3/c23-13-8-9-18-16(10-13)21(15-4-3-5-17(15)25-18)22(26)24-11-14-12-27-19-6-1-2-7-20(19)28-14/h1-2,6-10,14H,3-5,11-12H2,(H,24,26). The van der Waals surface area contributed by atoms with Crippen molar-refractivity contribution in [3.8, 4) is 11.5 Å². The number of hydrogen-bond acceptors (Lipinski definition) is 4. The van der Waals surface area contributed by atoms with E-state index in [1.54, 1.807) is 0 Å². The Bertz CT molecular complexity index is 1080. The van der Waals surface area contributed by atoms with Crippen molar-refractivity contribution >= 4 is 28.4 Å². The summed E-state index contributed by atoms with van der Waals surface area (Å²) in [5.74, 6) is 1.32. The lowest BCUT2D eigenvalue weighted by Crippen LogP contribution is -2.41. The number of carbonyl (C=O) groups is 1. The number of pyridine rings is 1. The fraction of sp³-hybridized carbons (Fsp3) is 0.273. The van der Waals surface area contributed by atoms with Crippen LogP contribution >= 0.6 is 11.6 Å². The minimum absolute atomic E-state index is 0.115. The summed E-state index contributed by atoms with van der Waals surface area (Å²) < 4.78 is 11.7. The summed E-state index contributed by atoms with van der Waals surface area (Å²) in [5, 5.41) is 4.43. The summed E-state index contributed by atoms with van der Waals surface area (Å²) in [6, 6.07) is 13.1. The molecule has 28 heavy (non-hydrogen) atoms. The van der Waals surface area contributed by atoms with Crippen molar-refractivity contribution in [3.05, 3.63) is 64.3 Å². The molecule has 0 radical (unpaired) electrons. The number of amides is 1. The topological polar surface area (TPSA) is 60.5 Å². The first-order valence-corrected chi connectivity index (χ1v) is 9.84. The lowest BCUT2D eigenvalue weighted by molar-refractivity contribution is 0.0789. The van der Waals surface area contributed by atoms with E-state index < -0.39 is 0 Å². The summed E-state index contributed by atoms with van der Waals surface area (Å²) >= 11 is 6.20. The van der Waals surface area contributed by atoms with E-state index in [-0.39, 0.29) is 12.0 Å². The summed E-state index contributed by atoms with van der Waals surface area (Å²) in [7, 11) is 0. The van der Waals surface area contributed by atoms with Crippen molar-refractivity contribution in [1.82, 2.24) is 10.3 Å². The first-order valence-electron chi connectivity index (χ1n) is 9.47. The Kier molecular flexibility index (Phi) is 4.32. The molecule has 0 spiro atoms. The molecule has 1 atom stereocenters. The smallest absolute Gasteiger partial charge is 0.252 e. The predicted molar refractivity (Wildman–Crippen MR) is 107 cm³/mol. The maximum atomic E-state index is 13.1. The van der Waals surface area contributed by atoms with E-state index in [0.717, 1.165) is 47.2 Å². The molecule has 0 saturated carbocycles. The molecule has 1 N–H and O–H groups in total. The Morgan fingerprint density at radius 3 is 2.93 bits per heavy atom. The van der Waals surface area contributed by atoms with Gasteiger partial charge in [-0.3, -0.25) is 9.78 Å². The average molecular weight is 395 g/mol. The number of aryl methyl sites for hydroxylation is 1. The SMILES string of the molecule is O=C(NCC1COc2ccccc2O1)c1c2c(nc3ccc(Cl)cc13)CCC2. The van der Waals surface area contributed by atoms with Crippen molar-refractivity contribution in [2.45, 2.75) is 25.4 Å². The zero-order valence-electron chi connectivity index (χ0n) is 15.2. The molecule has 0 fully saturated rings. The van der Waals surface area contributed by atoms with Crippen LogP contribution in [0.5, 0.6) is 11.5 Å². The summed E-state index contributed by atoms with van der Waals surface area (Å²) in [4.78, 5) is 17.9. The second-order valence-electron chi connectivity index (χ2n) is 7.13. The molecule has 1 aliphatic carbocycles. The summed E-state index contributed by atoms with van der Waals surface area (Å²) in [6.07, 6.45) is 2.56. The fourth-order valence-corrected chi connectivity index (χ4v) is 4.12. The van der Waals surface area contributed by atoms with E-state index in [0.29, 0.717) is 29.5 Å². The molecule has 1 amide bonds. The normalized spacial score (nSPS) is 17.4. The van der Waals surface area contributed by atoms with Gasteiger partial charge in [0, 0.05) is 16.1 Å². The van der Waals surface area contributed by atoms with Crippen molar-refractivity contribution in [1.29, 1.82) is 0 Å². The van der Waals surface area contributed by atoms with Crippen LogP contribution in [-0.4, -0.2) is 30.1 Å². The number of hydrogen-bond donors (Lipinski definition) is 1. The molecule has 1 aliphatic heterocycles. The monoisotopic (exact) mass is 394 g/mol. The third kappa shape index (κ3) is 3.06. The molecule has 142 valence electrons. The predicted octanol–water partition coefficient (Wildman–Crippen LogP) is 3.95. The van der Waals surface area contributed by atoms with Gasteiger partial charge in [-0.2, -0.15) is 0 Å². The number of fused-ring (bicyclic) bond motifs is 3. The average Bonchev–Trinajstić information content (AvgIpc) is 3.18. The van der Waals surface area contributed by atoms with E-state index in [1.807, 2.05) is 42.5 Å². The highest BCUT2D eigenvalue weighted by Gasteiger charge is 2.26. The van der Waals surface area contributed by atoms with Gasteiger partial charge < -0.3 is 14.8 Å². The highest BCUT2D eigenvalue weighted by molar-refractivity contribution is 6.31. The van der Waals surface area contributed by atoms with Crippen LogP contribution in [-0.2, 0) is 12.8 Å². The van der Waals surface area contributed by atoms with Crippen molar-refractivity contribution < 1.29 is 14.3 Å². The number of aromatic nitrogens is 1. The highest BCUT2D eigenvalue weighted by Crippen LogP contribution is 2.32. The molecule has 1 aromatic heterocycles. The van der Waals surface area contributed by atoms with Crippen LogP contribution in [0, 0.1) is 0 Å². The number of benzene rings is 2. The van der Waals surface area contributed by atoms with E-state index in [9.17, 15) is 4.79 Å². The van der Waals surface area contributed by atoms with Gasteiger partial charge in [0.2, 0.25) is 0 Å². The molecule has 0 saturated heterocycles. The van der Waals surface area contributed by atoms with Gasteiger partial charge in [-0.15, -0.1) is 0 Å². The molecule has 6 heteroatoms. The first-order chi connectivity index (χ1) is 13.7. The third-order valence-electron chi connectivity index (χ3n) is 5.26. The number of nitrogens with one attached hydrogen (secondary N) is 1. The zero-order chi connectivity index (χ0) is 19.1. The van der Waals surface area contributed by atoms with Crippen LogP contribution in [0.3, 0.4) is 0 Å². The molecular formula is C22H19ClN2O3. The summed E-state index contributed by atoms with van der Waals surface area (Å²) in [5.41, 5.74) is 3.56. The molecular weight excluding hydrogens is 376 g/mol. The van der Waals surface area contributed by atoms with Gasteiger partial charge in [-0.05, 0) is 55.2 Å². The molecule has 2 heterocycles. The quantitative estimate of drug-likeness (QED) is 0.730. The molecule has 5 rings (SSSR count). The van der Waals surface area contributed by atoms with Crippen LogP contribution in [0.25, 0.3) is 10.9 Å². The van der Waals surface area contributed by atoms with E-state index >= 15 is 0 Å². The first kappa shape index (κ1) is 17.3. The van der Waals surface area contributed by atoms with Crippen molar-refractivity contribution in [2.75, 3.05) is 13.2 Å². The number of halogens is 1. The van der Waals surface area contributed by atoms with Gasteiger partial charge in [0.15, 0.2) is 11.5 Å². The third-order valence-corrected chi connectivity index (χ3v) is 5.49. The van der Waals surface area contributed by atoms with Crippen LogP contribution in [0.1, 0.15) is 28.0 Å². The molecule has 1 unspecified atom stereocenters. The van der Waals surface area contributed by atoms with Gasteiger partial charge in [0.25, 0.3) is 5.91 Å². The van der Waals surface area contributed by atoms with Gasteiger partial charge >= 0.3 is 0 Å². The Morgan fingerprint density at radius 1 is 1.18 bits per heavy atom. The van der Waals surface area contributed by atoms with E-state index in [1.165, 1.54) is 0 Å². The Balaban J connectivity index is 1.40. The lowest BCUT2D eigenvalue weighted by atomic mass is 10.0. The number of para-hydroxylation sites is 2. The molecule has 3 aromatic rings. The second kappa shape index (κ2) is 6.99. The van der Waals surface area contributed by atoms with Gasteiger partial charge in [0.05, 0.1) is 17.6 Å². The van der Waals surface area contributed by atoms with Gasteiger partial charge in [-0.25, -0.2) is 0 Å². The molecule has 2 aromatic carbocycles. The Morgan fingerprint density at radius 2 is 2.04 bits per heavy atom. The fourth-order valence-electron chi connectivity index (χ4n) is 3.95. The van der Waals surface area contributed by atoms with E-state index in [4.69, 9.17) is 26.1 Å². The number of ether oxygens (including phenoxy) is 2. The maximum Gasteiger partial charge on any atom is 0.252 e. The summed E-state index contributed by atoms with van der Waals surface area (Å²) in [6.45, 7) is 0.768. The zero-order valence-corrected chi connectivity index (χ0v) is 16.0. The number of nitrogens with zero attached hydrogens (tertiary/aromatic N) is 1. The van der Waals surface area contributed by atoms with Crippen molar-refractivity contribution in [3.63, 3.8) is 0 Å². The van der Waals surface area contributed by atoms with Crippen LogP contribution in [0.4, 0.5) is 0 Å². The Hall–Kier alpha value is -2.79. The molecule has 5 nitrogen and oxygen atoms in total. The highest BCUT2D eigenvalue weighted by atomic mass is 35.5.